The molecule has 0 bridgehead atoms. The van der Waals surface area contributed by atoms with Crippen LogP contribution in [0.2, 0.25) is 0 Å². The summed E-state index contributed by atoms with van der Waals surface area (Å²) in [4.78, 5) is 0. The van der Waals surface area contributed by atoms with Crippen molar-refractivity contribution in [1.29, 1.82) is 0 Å². The first kappa shape index (κ1) is 17.2. The van der Waals surface area contributed by atoms with Gasteiger partial charge in [0.05, 0.1) is 16.4 Å². The Kier molecular flexibility index (Phi) is 4.78. The Morgan fingerprint density at radius 2 is 2.08 bits per heavy atom. The first-order valence-corrected chi connectivity index (χ1v) is 8.56. The number of nitrogens with zero attached hydrogens (tertiary/aromatic N) is 2. The average molecular weight is 415 g/mol. The van der Waals surface area contributed by atoms with Crippen LogP contribution in [0.5, 0.6) is 0 Å². The maximum absolute atomic E-state index is 14.2. The molecule has 0 saturated heterocycles. The molecule has 24 heavy (non-hydrogen) atoms. The van der Waals surface area contributed by atoms with E-state index in [9.17, 15) is 8.78 Å². The van der Waals surface area contributed by atoms with Crippen molar-refractivity contribution >= 4 is 33.3 Å². The Morgan fingerprint density at radius 3 is 2.75 bits per heavy atom. The van der Waals surface area contributed by atoms with Crippen LogP contribution in [0.15, 0.2) is 45.3 Å². The van der Waals surface area contributed by atoms with Crippen molar-refractivity contribution in [3.05, 3.63) is 56.8 Å². The molecule has 0 saturated carbocycles. The first-order valence-electron chi connectivity index (χ1n) is 7.39. The van der Waals surface area contributed by atoms with Crippen molar-refractivity contribution < 1.29 is 8.78 Å². The van der Waals surface area contributed by atoms with E-state index in [0.29, 0.717) is 28.2 Å². The summed E-state index contributed by atoms with van der Waals surface area (Å²) in [5.74, 6) is -0.0300. The van der Waals surface area contributed by atoms with Gasteiger partial charge in [0.2, 0.25) is 0 Å². The number of rotatable bonds is 3. The Morgan fingerprint density at radius 1 is 1.33 bits per heavy atom. The van der Waals surface area contributed by atoms with Crippen molar-refractivity contribution in [3.63, 3.8) is 0 Å². The second kappa shape index (κ2) is 6.69. The molecule has 1 aliphatic rings. The number of allylic oxidation sites excluding steroid dienone is 3. The molecule has 0 unspecified atom stereocenters. The van der Waals surface area contributed by atoms with E-state index in [1.807, 2.05) is 6.92 Å². The van der Waals surface area contributed by atoms with Crippen molar-refractivity contribution in [2.75, 3.05) is 5.32 Å². The molecule has 1 aliphatic carbocycles. The quantitative estimate of drug-likeness (QED) is 0.687. The van der Waals surface area contributed by atoms with E-state index in [4.69, 9.17) is 11.6 Å². The minimum Gasteiger partial charge on any atom is -0.337 e. The van der Waals surface area contributed by atoms with Crippen molar-refractivity contribution in [2.45, 2.75) is 19.8 Å². The van der Waals surface area contributed by atoms with Gasteiger partial charge in [0.15, 0.2) is 0 Å². The Balaban J connectivity index is 2.11. The molecule has 1 aromatic carbocycles. The summed E-state index contributed by atoms with van der Waals surface area (Å²) < 4.78 is 29.8. The van der Waals surface area contributed by atoms with Gasteiger partial charge in [-0.3, -0.25) is 4.68 Å². The van der Waals surface area contributed by atoms with Crippen LogP contribution < -0.4 is 5.32 Å². The Hall–Kier alpha value is -1.66. The summed E-state index contributed by atoms with van der Waals surface area (Å²) in [7, 11) is 1.76. The van der Waals surface area contributed by atoms with Crippen molar-refractivity contribution in [3.8, 4) is 11.1 Å². The lowest BCUT2D eigenvalue weighted by molar-refractivity contribution is 0.577. The number of benzene rings is 1. The molecule has 0 aliphatic heterocycles. The van der Waals surface area contributed by atoms with E-state index in [0.717, 1.165) is 16.8 Å². The Labute approximate surface area is 152 Å². The van der Waals surface area contributed by atoms with Crippen LogP contribution in [-0.4, -0.2) is 9.78 Å². The zero-order valence-corrected chi connectivity index (χ0v) is 15.5. The lowest BCUT2D eigenvalue weighted by atomic mass is 10.0. The molecule has 0 amide bonds. The second-order valence-electron chi connectivity index (χ2n) is 5.55. The summed E-state index contributed by atoms with van der Waals surface area (Å²) in [5, 5.41) is 7.82. The molecule has 1 heterocycles. The highest BCUT2D eigenvalue weighted by atomic mass is 79.9. The van der Waals surface area contributed by atoms with Gasteiger partial charge in [0.25, 0.3) is 0 Å². The molecule has 0 spiro atoms. The number of aromatic nitrogens is 2. The van der Waals surface area contributed by atoms with E-state index in [2.05, 4.69) is 26.3 Å². The van der Waals surface area contributed by atoms with Crippen LogP contribution in [0.4, 0.5) is 14.6 Å². The summed E-state index contributed by atoms with van der Waals surface area (Å²) in [6, 6.07) is 4.43. The summed E-state index contributed by atoms with van der Waals surface area (Å²) in [6.07, 6.45) is 2.67. The molecule has 0 atom stereocenters. The van der Waals surface area contributed by atoms with Gasteiger partial charge in [-0.15, -0.1) is 0 Å². The molecule has 2 aromatic rings. The van der Waals surface area contributed by atoms with Gasteiger partial charge in [-0.2, -0.15) is 5.10 Å². The van der Waals surface area contributed by atoms with Gasteiger partial charge in [-0.25, -0.2) is 8.78 Å². The van der Waals surface area contributed by atoms with Crippen LogP contribution in [0.25, 0.3) is 11.1 Å². The number of hydrogen-bond donors (Lipinski definition) is 1. The van der Waals surface area contributed by atoms with E-state index in [1.165, 1.54) is 12.1 Å². The largest absolute Gasteiger partial charge is 0.337 e. The van der Waals surface area contributed by atoms with Crippen LogP contribution in [0.3, 0.4) is 0 Å². The fraction of sp³-hybridized carbons (Fsp3) is 0.235. The zero-order chi connectivity index (χ0) is 17.4. The van der Waals surface area contributed by atoms with E-state index < -0.39 is 0 Å². The zero-order valence-electron chi connectivity index (χ0n) is 13.1. The number of anilines is 1. The molecule has 3 nitrogen and oxygen atoms in total. The van der Waals surface area contributed by atoms with Crippen LogP contribution in [0, 0.1) is 12.7 Å². The number of hydrogen-bond acceptors (Lipinski definition) is 2. The molecule has 126 valence electrons. The lowest BCUT2D eigenvalue weighted by Crippen LogP contribution is -2.09. The third-order valence-electron chi connectivity index (χ3n) is 3.86. The van der Waals surface area contributed by atoms with Crippen LogP contribution >= 0.6 is 27.5 Å². The van der Waals surface area contributed by atoms with Crippen molar-refractivity contribution in [1.82, 2.24) is 9.78 Å². The van der Waals surface area contributed by atoms with Gasteiger partial charge in [0, 0.05) is 29.1 Å². The number of halogens is 4. The second-order valence-corrected chi connectivity index (χ2v) is 6.81. The molecule has 0 fully saturated rings. The van der Waals surface area contributed by atoms with Crippen LogP contribution in [-0.2, 0) is 7.05 Å². The predicted octanol–water partition coefficient (Wildman–Crippen LogP) is 5.81. The van der Waals surface area contributed by atoms with Crippen molar-refractivity contribution in [2.24, 2.45) is 7.05 Å². The average Bonchev–Trinajstić information content (AvgIpc) is 2.77. The third kappa shape index (κ3) is 3.13. The molecular formula is C17H15BrClF2N3. The molecule has 0 radical (unpaired) electrons. The molecular weight excluding hydrogens is 400 g/mol. The van der Waals surface area contributed by atoms with Gasteiger partial charge < -0.3 is 5.32 Å². The first-order chi connectivity index (χ1) is 11.4. The number of nitrogens with one attached hydrogen (secondary N) is 1. The highest BCUT2D eigenvalue weighted by Gasteiger charge is 2.22. The maximum Gasteiger partial charge on any atom is 0.136 e. The lowest BCUT2D eigenvalue weighted by Gasteiger charge is -2.17. The summed E-state index contributed by atoms with van der Waals surface area (Å²) in [6.45, 7) is 1.85. The smallest absolute Gasteiger partial charge is 0.136 e. The van der Waals surface area contributed by atoms with Gasteiger partial charge in [0.1, 0.15) is 17.5 Å². The SMILES string of the molecule is Cc1nn(C)c(NC2=C(F)CCC=C2Cl)c1-c1ccc(F)cc1Br. The highest BCUT2D eigenvalue weighted by Crippen LogP contribution is 2.38. The molecule has 3 rings (SSSR count). The van der Waals surface area contributed by atoms with Gasteiger partial charge in [-0.05, 0) is 25.5 Å². The van der Waals surface area contributed by atoms with E-state index in [-0.39, 0.29) is 17.3 Å². The summed E-state index contributed by atoms with van der Waals surface area (Å²) >= 11 is 9.53. The molecule has 1 N–H and O–H groups in total. The minimum absolute atomic E-state index is 0.255. The summed E-state index contributed by atoms with van der Waals surface area (Å²) in [5.41, 5.74) is 2.52. The molecule has 1 aromatic heterocycles. The predicted molar refractivity (Wildman–Crippen MR) is 96.0 cm³/mol. The highest BCUT2D eigenvalue weighted by molar-refractivity contribution is 9.10. The topological polar surface area (TPSA) is 29.9 Å². The van der Waals surface area contributed by atoms with Gasteiger partial charge in [-0.1, -0.05) is 39.7 Å². The third-order valence-corrected chi connectivity index (χ3v) is 4.86. The van der Waals surface area contributed by atoms with Gasteiger partial charge >= 0.3 is 0 Å². The fourth-order valence-corrected chi connectivity index (χ4v) is 3.55. The maximum atomic E-state index is 14.2. The standard InChI is InChI=1S/C17H15BrClF2N3/c1-9-15(11-7-6-10(20)8-12(11)18)17(24(2)23-9)22-16-13(19)4-3-5-14(16)21/h4,6-8,22H,3,5H2,1-2H3. The van der Waals surface area contributed by atoms with Crippen LogP contribution in [0.1, 0.15) is 18.5 Å². The molecule has 7 heteroatoms. The Bertz CT molecular complexity index is 871. The van der Waals surface area contributed by atoms with E-state index in [1.54, 1.807) is 23.9 Å². The normalized spacial score (nSPS) is 14.8. The minimum atomic E-state index is -0.339. The number of aryl methyl sites for hydroxylation is 2. The fourth-order valence-electron chi connectivity index (χ4n) is 2.74. The monoisotopic (exact) mass is 413 g/mol. The van der Waals surface area contributed by atoms with E-state index >= 15 is 0 Å².